The molecule has 19 heteroatoms. The van der Waals surface area contributed by atoms with Crippen LogP contribution in [0.15, 0.2) is 121 Å². The molecule has 0 aliphatic rings. The van der Waals surface area contributed by atoms with Crippen molar-refractivity contribution in [3.63, 3.8) is 0 Å². The van der Waals surface area contributed by atoms with E-state index in [0.717, 1.165) is 20.7 Å². The maximum Gasteiger partial charge on any atom is 0.389 e. The maximum atomic E-state index is 7.98. The van der Waals surface area contributed by atoms with Crippen molar-refractivity contribution in [2.24, 2.45) is 0 Å². The van der Waals surface area contributed by atoms with Crippen molar-refractivity contribution in [1.29, 1.82) is 0 Å². The van der Waals surface area contributed by atoms with Crippen LogP contribution in [0.25, 0.3) is 0 Å². The molecule has 4 aromatic rings. The first-order valence-corrected chi connectivity index (χ1v) is 42.2. The minimum absolute atomic E-state index is 0.999. The first-order chi connectivity index (χ1) is 25.9. The summed E-state index contributed by atoms with van der Waals surface area (Å²) in [6.45, 7) is 25.6. The van der Waals surface area contributed by atoms with Crippen molar-refractivity contribution in [3.05, 3.63) is 121 Å². The average molecular weight is 920 g/mol. The molecule has 9 nitrogen and oxygen atoms in total. The van der Waals surface area contributed by atoms with E-state index in [1.165, 1.54) is 0 Å². The largest absolute Gasteiger partial charge is 0.439 e. The Hall–Kier alpha value is -1.31. The Balaban J connectivity index is 1.64. The van der Waals surface area contributed by atoms with Crippen molar-refractivity contribution < 1.29 is 37.0 Å². The second kappa shape index (κ2) is 21.1. The highest BCUT2D eigenvalue weighted by Gasteiger charge is 2.56. The van der Waals surface area contributed by atoms with Gasteiger partial charge >= 0.3 is 26.4 Å². The first-order valence-electron chi connectivity index (χ1n) is 19.2. The molecule has 0 amide bonds. The highest BCUT2D eigenvalue weighted by molar-refractivity contribution is 7.07. The monoisotopic (exact) mass is 918 g/mol. The summed E-state index contributed by atoms with van der Waals surface area (Å²) in [7, 11) is -23.2. The minimum Gasteiger partial charge on any atom is -0.439 e. The van der Waals surface area contributed by atoms with Crippen molar-refractivity contribution in [2.45, 2.75) is 78.6 Å². The zero-order valence-corrected chi connectivity index (χ0v) is 45.6. The van der Waals surface area contributed by atoms with E-state index in [2.05, 4.69) is 169 Å². The summed E-state index contributed by atoms with van der Waals surface area (Å²) in [5, 5.41) is 4.08. The molecule has 0 heterocycles. The third kappa shape index (κ3) is 14.5. The van der Waals surface area contributed by atoms with E-state index in [9.17, 15) is 0 Å². The van der Waals surface area contributed by atoms with Gasteiger partial charge < -0.3 is 37.0 Å². The molecule has 300 valence electrons. The van der Waals surface area contributed by atoms with Crippen molar-refractivity contribution in [1.82, 2.24) is 0 Å². The van der Waals surface area contributed by atoms with Crippen molar-refractivity contribution >= 4 is 110 Å². The summed E-state index contributed by atoms with van der Waals surface area (Å²) >= 11 is 0. The van der Waals surface area contributed by atoms with E-state index < -0.39 is 89.5 Å². The maximum absolute atomic E-state index is 7.98. The molecule has 55 heavy (non-hydrogen) atoms. The van der Waals surface area contributed by atoms with E-state index >= 15 is 0 Å². The summed E-state index contributed by atoms with van der Waals surface area (Å²) in [6.07, 6.45) is 0. The lowest BCUT2D eigenvalue weighted by atomic mass is 10.4. The van der Waals surface area contributed by atoms with Crippen LogP contribution in [-0.2, 0) is 37.0 Å². The van der Waals surface area contributed by atoms with Crippen molar-refractivity contribution in [3.8, 4) is 0 Å². The van der Waals surface area contributed by atoms with Gasteiger partial charge in [-0.3, -0.25) is 0 Å². The fourth-order valence-electron chi connectivity index (χ4n) is 6.40. The van der Waals surface area contributed by atoms with Crippen LogP contribution in [0.3, 0.4) is 0 Å². The molecule has 0 spiro atoms. The Morgan fingerprint density at radius 2 is 0.582 bits per heavy atom. The first kappa shape index (κ1) is 46.4. The third-order valence-electron chi connectivity index (χ3n) is 8.12. The van der Waals surface area contributed by atoms with Gasteiger partial charge in [-0.1, -0.05) is 121 Å². The molecule has 0 radical (unpaired) electrons. The van der Waals surface area contributed by atoms with Gasteiger partial charge in [-0.15, -0.1) is 0 Å². The lowest BCUT2D eigenvalue weighted by Gasteiger charge is -2.45. The van der Waals surface area contributed by atoms with Gasteiger partial charge in [0.25, 0.3) is 46.4 Å². The Kier molecular flexibility index (Phi) is 17.8. The highest BCUT2D eigenvalue weighted by atomic mass is 28.5. The van der Waals surface area contributed by atoms with E-state index in [4.69, 9.17) is 37.0 Å². The van der Waals surface area contributed by atoms with E-state index in [1.54, 1.807) is 0 Å². The molecule has 0 saturated heterocycles. The topological polar surface area (TPSA) is 83.1 Å². The molecule has 0 bridgehead atoms. The second-order valence-corrected chi connectivity index (χ2v) is 44.4. The van der Waals surface area contributed by atoms with Crippen LogP contribution in [0.4, 0.5) is 0 Å². The molecule has 0 N–H and O–H groups in total. The van der Waals surface area contributed by atoms with Gasteiger partial charge in [-0.05, 0) is 99.3 Å². The van der Waals surface area contributed by atoms with Gasteiger partial charge in [0.05, 0.1) is 0 Å². The normalized spacial score (nSPS) is 16.2. The van der Waals surface area contributed by atoms with Crippen molar-refractivity contribution in [2.75, 3.05) is 0 Å². The molecule has 4 aromatic carbocycles. The number of hydrogen-bond donors (Lipinski definition) is 0. The predicted molar refractivity (Wildman–Crippen MR) is 250 cm³/mol. The Bertz CT molecular complexity index is 1610. The van der Waals surface area contributed by atoms with Gasteiger partial charge in [-0.2, -0.15) is 0 Å². The van der Waals surface area contributed by atoms with E-state index in [1.807, 2.05) is 30.8 Å². The molecule has 0 aromatic heterocycles. The molecule has 0 aliphatic heterocycles. The summed E-state index contributed by atoms with van der Waals surface area (Å²) in [5.41, 5.74) is 0. The Labute approximate surface area is 345 Å². The molecular formula is C36H62O9Si10. The van der Waals surface area contributed by atoms with Gasteiger partial charge in [0.1, 0.15) is 0 Å². The van der Waals surface area contributed by atoms with Crippen LogP contribution in [-0.4, -0.2) is 89.5 Å². The average Bonchev–Trinajstić information content (AvgIpc) is 3.10. The van der Waals surface area contributed by atoms with Crippen LogP contribution >= 0.6 is 0 Å². The molecule has 6 atom stereocenters. The Morgan fingerprint density at radius 1 is 0.309 bits per heavy atom. The number of hydrogen-bond acceptors (Lipinski definition) is 9. The van der Waals surface area contributed by atoms with Crippen LogP contribution < -0.4 is 20.7 Å². The van der Waals surface area contributed by atoms with Gasteiger partial charge in [0, 0.05) is 0 Å². The zero-order chi connectivity index (χ0) is 40.3. The lowest BCUT2D eigenvalue weighted by Crippen LogP contribution is -2.77. The molecule has 0 saturated carbocycles. The summed E-state index contributed by atoms with van der Waals surface area (Å²) < 4.78 is 61.3. The molecule has 6 unspecified atom stereocenters. The van der Waals surface area contributed by atoms with Gasteiger partial charge in [0.15, 0.2) is 16.6 Å². The highest BCUT2D eigenvalue weighted by Crippen LogP contribution is 2.24. The minimum atomic E-state index is -3.58. The van der Waals surface area contributed by atoms with Crippen LogP contribution in [0, 0.1) is 0 Å². The van der Waals surface area contributed by atoms with Crippen LogP contribution in [0.2, 0.25) is 78.6 Å². The lowest BCUT2D eigenvalue weighted by molar-refractivity contribution is 0.307. The zero-order valence-electron chi connectivity index (χ0n) is 34.7. The third-order valence-corrected chi connectivity index (χ3v) is 40.5. The quantitative estimate of drug-likeness (QED) is 0.107. The molecular weight excluding hydrogens is 857 g/mol. The summed E-state index contributed by atoms with van der Waals surface area (Å²) in [4.78, 5) is 0. The molecule has 4 rings (SSSR count). The number of rotatable bonds is 22. The molecule has 0 aliphatic carbocycles. The SMILES string of the molecule is C[SiH](O[SiH](C)O[SiH](C)O[SiH](C)O[Si](O[Si](O[Si](C)(C)C)(c1ccccc1)c1ccccc1)(c1ccccc1)c1ccccc1)O[SiH](C)O[SiH](C)O[Si](C)(C)C. The van der Waals surface area contributed by atoms with Crippen LogP contribution in [0.1, 0.15) is 0 Å². The fourth-order valence-corrected chi connectivity index (χ4v) is 41.2. The van der Waals surface area contributed by atoms with Crippen LogP contribution in [0.5, 0.6) is 0 Å². The van der Waals surface area contributed by atoms with E-state index in [-0.39, 0.29) is 0 Å². The Morgan fingerprint density at radius 3 is 0.873 bits per heavy atom. The van der Waals surface area contributed by atoms with E-state index in [0.29, 0.717) is 0 Å². The standard InChI is InChI=1S/C36H62O9Si10/c1-46(38-48(3)40-50(5)42-52(7,8)9)37-47(2)39-49(4)41-51(6)43-54(33-25-17-13-18-26-33,34-27-19-14-20-28-34)45-55(44-53(10,11)12,35-29-21-15-22-30-35)36-31-23-16-24-32-36/h13-32,46-51H,1-12H3. The second-order valence-electron chi connectivity index (χ2n) is 15.4. The predicted octanol–water partition coefficient (Wildman–Crippen LogP) is 4.42. The molecule has 0 fully saturated rings. The van der Waals surface area contributed by atoms with Gasteiger partial charge in [0.2, 0.25) is 0 Å². The smallest absolute Gasteiger partial charge is 0.389 e. The fraction of sp³-hybridized carbons (Fsp3) is 0.333. The van der Waals surface area contributed by atoms with Gasteiger partial charge in [-0.25, -0.2) is 0 Å². The number of benzene rings is 4. The summed E-state index contributed by atoms with van der Waals surface area (Å²) in [5.74, 6) is 0. The summed E-state index contributed by atoms with van der Waals surface area (Å²) in [6, 6.07) is 41.8.